The monoisotopic (exact) mass is 553 g/mol. The van der Waals surface area contributed by atoms with Gasteiger partial charge < -0.3 is 5.32 Å². The van der Waals surface area contributed by atoms with E-state index in [1.807, 2.05) is 25.1 Å². The van der Waals surface area contributed by atoms with E-state index in [2.05, 4.69) is 18.0 Å². The molecule has 0 radical (unpaired) electrons. The van der Waals surface area contributed by atoms with E-state index in [1.54, 1.807) is 4.57 Å². The van der Waals surface area contributed by atoms with Crippen LogP contribution in [0.15, 0.2) is 70.6 Å². The predicted molar refractivity (Wildman–Crippen MR) is 148 cm³/mol. The number of fused-ring (bicyclic) bond motifs is 4. The average Bonchev–Trinajstić information content (AvgIpc) is 2.89. The van der Waals surface area contributed by atoms with Crippen LogP contribution in [0.2, 0.25) is 0 Å². The highest BCUT2D eigenvalue weighted by atomic mass is 32.2. The molecule has 5 rings (SSSR count). The van der Waals surface area contributed by atoms with Crippen molar-refractivity contribution in [1.29, 1.82) is 0 Å². The molecule has 1 heterocycles. The lowest BCUT2D eigenvalue weighted by atomic mass is 9.62. The Morgan fingerprint density at radius 1 is 1.10 bits per heavy atom. The molecule has 1 aromatic heterocycles. The Labute approximate surface area is 229 Å². The van der Waals surface area contributed by atoms with Crippen LogP contribution in [0.1, 0.15) is 55.7 Å². The summed E-state index contributed by atoms with van der Waals surface area (Å²) < 4.78 is 41.7. The van der Waals surface area contributed by atoms with Gasteiger partial charge in [0.05, 0.1) is 28.3 Å². The number of nitrogens with one attached hydrogen (secondary N) is 1. The van der Waals surface area contributed by atoms with Crippen LogP contribution in [-0.4, -0.2) is 21.2 Å². The van der Waals surface area contributed by atoms with E-state index in [9.17, 15) is 22.8 Å². The number of aromatic nitrogens is 2. The van der Waals surface area contributed by atoms with Gasteiger partial charge in [0, 0.05) is 17.5 Å². The zero-order valence-electron chi connectivity index (χ0n) is 21.7. The molecule has 5 nitrogen and oxygen atoms in total. The van der Waals surface area contributed by atoms with Gasteiger partial charge in [-0.05, 0) is 43.9 Å². The molecular weight excluding hydrogens is 523 g/mol. The minimum absolute atomic E-state index is 0.121. The molecule has 1 fully saturated rings. The summed E-state index contributed by atoms with van der Waals surface area (Å²) in [4.78, 5) is 31.9. The smallest absolute Gasteiger partial charge is 0.325 e. The van der Waals surface area contributed by atoms with Crippen molar-refractivity contribution in [2.75, 3.05) is 11.1 Å². The second-order valence-corrected chi connectivity index (χ2v) is 11.5. The molecule has 1 N–H and O–H groups in total. The molecular formula is C30H30F3N3O2S. The van der Waals surface area contributed by atoms with Gasteiger partial charge in [-0.25, -0.2) is 4.98 Å². The first kappa shape index (κ1) is 27.2. The number of allylic oxidation sites excluding steroid dienone is 1. The third-order valence-corrected chi connectivity index (χ3v) is 8.52. The number of carbonyl (C=O) groups is 1. The minimum atomic E-state index is -4.60. The number of halogens is 3. The normalized spacial score (nSPS) is 15.9. The zero-order chi connectivity index (χ0) is 27.8. The Bertz CT molecular complexity index is 1490. The van der Waals surface area contributed by atoms with Crippen molar-refractivity contribution in [3.05, 3.63) is 87.7 Å². The van der Waals surface area contributed by atoms with Crippen molar-refractivity contribution < 1.29 is 18.0 Å². The number of nitrogens with zero attached hydrogens (tertiary/aromatic N) is 2. The fraction of sp³-hybridized carbons (Fsp3) is 0.367. The second-order valence-electron chi connectivity index (χ2n) is 10.5. The van der Waals surface area contributed by atoms with Crippen LogP contribution in [-0.2, 0) is 29.4 Å². The lowest BCUT2D eigenvalue weighted by molar-refractivity contribution is -0.137. The van der Waals surface area contributed by atoms with Gasteiger partial charge in [0.1, 0.15) is 0 Å². The Morgan fingerprint density at radius 3 is 2.51 bits per heavy atom. The van der Waals surface area contributed by atoms with Crippen molar-refractivity contribution in [2.45, 2.75) is 68.7 Å². The predicted octanol–water partition coefficient (Wildman–Crippen LogP) is 6.99. The topological polar surface area (TPSA) is 64.0 Å². The molecule has 2 aliphatic carbocycles. The fourth-order valence-corrected chi connectivity index (χ4v) is 6.69. The molecule has 3 aromatic rings. The molecule has 1 saturated carbocycles. The number of rotatable bonds is 6. The number of anilines is 1. The molecule has 204 valence electrons. The van der Waals surface area contributed by atoms with E-state index >= 15 is 0 Å². The van der Waals surface area contributed by atoms with E-state index in [0.717, 1.165) is 78.6 Å². The SMILES string of the molecule is C=C(C)Cn1c(SCC(=O)Nc2ccccc2C(F)(F)F)nc2c(c1=O)C1(CCCCC1)Cc1ccccc1-2. The Morgan fingerprint density at radius 2 is 1.79 bits per heavy atom. The summed E-state index contributed by atoms with van der Waals surface area (Å²) in [7, 11) is 0. The first-order chi connectivity index (χ1) is 18.6. The number of benzene rings is 2. The average molecular weight is 554 g/mol. The number of thioether (sulfide) groups is 1. The molecule has 0 atom stereocenters. The third-order valence-electron chi connectivity index (χ3n) is 7.54. The first-order valence-corrected chi connectivity index (χ1v) is 14.0. The number of para-hydroxylation sites is 1. The van der Waals surface area contributed by atoms with Gasteiger partial charge >= 0.3 is 6.18 Å². The summed E-state index contributed by atoms with van der Waals surface area (Å²) in [6.45, 7) is 6.06. The highest BCUT2D eigenvalue weighted by Gasteiger charge is 2.43. The standard InChI is InChI=1S/C30H30F3N3O2S/c1-19(2)17-36-27(38)25-26(21-11-5-4-10-20(21)16-29(25)14-8-3-9-15-29)35-28(36)39-18-24(37)34-23-13-7-6-12-22(23)30(31,32)33/h4-7,10-13H,1,3,8-9,14-18H2,2H3,(H,34,37). The Balaban J connectivity index is 1.53. The summed E-state index contributed by atoms with van der Waals surface area (Å²) in [5.74, 6) is -0.824. The largest absolute Gasteiger partial charge is 0.418 e. The summed E-state index contributed by atoms with van der Waals surface area (Å²) in [5, 5.41) is 2.72. The van der Waals surface area contributed by atoms with E-state index in [-0.39, 0.29) is 29.0 Å². The third kappa shape index (κ3) is 5.41. The molecule has 0 aliphatic heterocycles. The molecule has 1 spiro atoms. The molecule has 2 aliphatic rings. The van der Waals surface area contributed by atoms with Gasteiger partial charge in [-0.2, -0.15) is 13.2 Å². The van der Waals surface area contributed by atoms with Gasteiger partial charge in [-0.3, -0.25) is 14.2 Å². The number of carbonyl (C=O) groups excluding carboxylic acids is 1. The van der Waals surface area contributed by atoms with Crippen LogP contribution in [0.4, 0.5) is 18.9 Å². The molecule has 1 amide bonds. The number of hydrogen-bond acceptors (Lipinski definition) is 4. The highest BCUT2D eigenvalue weighted by Crippen LogP contribution is 2.48. The fourth-order valence-electron chi connectivity index (χ4n) is 5.90. The minimum Gasteiger partial charge on any atom is -0.325 e. The van der Waals surface area contributed by atoms with Gasteiger partial charge in [-0.1, -0.05) is 79.6 Å². The number of alkyl halides is 3. The first-order valence-electron chi connectivity index (χ1n) is 13.1. The van der Waals surface area contributed by atoms with Gasteiger partial charge in [0.25, 0.3) is 5.56 Å². The zero-order valence-corrected chi connectivity index (χ0v) is 22.6. The van der Waals surface area contributed by atoms with E-state index in [1.165, 1.54) is 18.2 Å². The lowest BCUT2D eigenvalue weighted by Crippen LogP contribution is -2.43. The molecule has 0 bridgehead atoms. The summed E-state index contributed by atoms with van der Waals surface area (Å²) >= 11 is 1.04. The van der Waals surface area contributed by atoms with Crippen LogP contribution < -0.4 is 10.9 Å². The van der Waals surface area contributed by atoms with Crippen LogP contribution in [0.25, 0.3) is 11.3 Å². The van der Waals surface area contributed by atoms with Crippen molar-refractivity contribution in [2.24, 2.45) is 0 Å². The van der Waals surface area contributed by atoms with E-state index in [0.29, 0.717) is 10.9 Å². The van der Waals surface area contributed by atoms with E-state index < -0.39 is 17.6 Å². The maximum absolute atomic E-state index is 14.2. The van der Waals surface area contributed by atoms with Crippen molar-refractivity contribution in [3.63, 3.8) is 0 Å². The Kier molecular flexibility index (Phi) is 7.46. The highest BCUT2D eigenvalue weighted by molar-refractivity contribution is 7.99. The van der Waals surface area contributed by atoms with Gasteiger partial charge in [0.15, 0.2) is 5.16 Å². The lowest BCUT2D eigenvalue weighted by Gasteiger charge is -2.42. The Hall–Kier alpha value is -3.33. The van der Waals surface area contributed by atoms with Gasteiger partial charge in [0.2, 0.25) is 5.91 Å². The quantitative estimate of drug-likeness (QED) is 0.203. The van der Waals surface area contributed by atoms with Crippen molar-refractivity contribution >= 4 is 23.4 Å². The summed E-state index contributed by atoms with van der Waals surface area (Å²) in [5.41, 5.74) is 2.64. The van der Waals surface area contributed by atoms with E-state index in [4.69, 9.17) is 4.98 Å². The molecule has 0 saturated heterocycles. The van der Waals surface area contributed by atoms with Crippen LogP contribution in [0.5, 0.6) is 0 Å². The number of amides is 1. The summed E-state index contributed by atoms with van der Waals surface area (Å²) in [6.07, 6.45) is 1.30. The maximum atomic E-state index is 14.2. The van der Waals surface area contributed by atoms with Crippen LogP contribution >= 0.6 is 11.8 Å². The van der Waals surface area contributed by atoms with Crippen LogP contribution in [0, 0.1) is 0 Å². The van der Waals surface area contributed by atoms with Crippen molar-refractivity contribution in [3.8, 4) is 11.3 Å². The molecule has 39 heavy (non-hydrogen) atoms. The molecule has 9 heteroatoms. The molecule has 2 aromatic carbocycles. The van der Waals surface area contributed by atoms with Crippen molar-refractivity contribution in [1.82, 2.24) is 9.55 Å². The van der Waals surface area contributed by atoms with Gasteiger partial charge in [-0.15, -0.1) is 0 Å². The van der Waals surface area contributed by atoms with Crippen LogP contribution in [0.3, 0.4) is 0 Å². The summed E-state index contributed by atoms with van der Waals surface area (Å²) in [6, 6.07) is 12.9. The number of hydrogen-bond donors (Lipinski definition) is 1. The molecule has 0 unspecified atom stereocenters. The second kappa shape index (κ2) is 10.7. The maximum Gasteiger partial charge on any atom is 0.418 e.